The van der Waals surface area contributed by atoms with Gasteiger partial charge in [0.1, 0.15) is 5.75 Å². The van der Waals surface area contributed by atoms with Gasteiger partial charge in [-0.1, -0.05) is 19.9 Å². The maximum absolute atomic E-state index is 12.2. The van der Waals surface area contributed by atoms with Crippen molar-refractivity contribution in [3.8, 4) is 5.75 Å². The Morgan fingerprint density at radius 1 is 1.10 bits per heavy atom. The normalized spacial score (nSPS) is 10.3. The zero-order chi connectivity index (χ0) is 15.7. The number of nitrogens with zero attached hydrogens (tertiary/aromatic N) is 2. The minimum Gasteiger partial charge on any atom is -0.434 e. The number of alkyl halides is 2. The molecule has 0 amide bonds. The van der Waals surface area contributed by atoms with Gasteiger partial charge in [-0.2, -0.15) is 8.78 Å². The molecular formula is C15H26F2N2O. The van der Waals surface area contributed by atoms with Crippen molar-refractivity contribution < 1.29 is 13.5 Å². The van der Waals surface area contributed by atoms with Crippen LogP contribution in [0.15, 0.2) is 18.2 Å². The van der Waals surface area contributed by atoms with E-state index in [2.05, 4.69) is 9.64 Å². The third kappa shape index (κ3) is 6.70. The van der Waals surface area contributed by atoms with Crippen LogP contribution in [0.3, 0.4) is 0 Å². The lowest BCUT2D eigenvalue weighted by atomic mass is 10.2. The number of aryl methyl sites for hydroxylation is 1. The number of rotatable bonds is 6. The Morgan fingerprint density at radius 3 is 2.20 bits per heavy atom. The second kappa shape index (κ2) is 9.53. The smallest absolute Gasteiger partial charge is 0.387 e. The standard InChI is InChI=1S/C13H20F2N2O.C2H6/c1-10-5-6-11(9-12(10)18-13(14)15)17(4)8-7-16(2)3;1-2/h5-6,9,13H,7-8H2,1-4H3;1-2H3. The number of halogens is 2. The van der Waals surface area contributed by atoms with Crippen LogP contribution in [0.4, 0.5) is 14.5 Å². The Bertz CT molecular complexity index is 384. The monoisotopic (exact) mass is 288 g/mol. The van der Waals surface area contributed by atoms with Gasteiger partial charge >= 0.3 is 6.61 Å². The molecule has 0 atom stereocenters. The zero-order valence-corrected chi connectivity index (χ0v) is 13.3. The molecule has 0 radical (unpaired) electrons. The van der Waals surface area contributed by atoms with Gasteiger partial charge < -0.3 is 14.5 Å². The fraction of sp³-hybridized carbons (Fsp3) is 0.600. The molecule has 20 heavy (non-hydrogen) atoms. The molecule has 0 fully saturated rings. The van der Waals surface area contributed by atoms with Crippen molar-refractivity contribution in [2.24, 2.45) is 0 Å². The number of benzene rings is 1. The van der Waals surface area contributed by atoms with E-state index in [0.29, 0.717) is 5.56 Å². The van der Waals surface area contributed by atoms with Crippen LogP contribution < -0.4 is 9.64 Å². The van der Waals surface area contributed by atoms with Gasteiger partial charge in [0, 0.05) is 31.9 Å². The van der Waals surface area contributed by atoms with E-state index >= 15 is 0 Å². The van der Waals surface area contributed by atoms with Gasteiger partial charge in [-0.25, -0.2) is 0 Å². The summed E-state index contributed by atoms with van der Waals surface area (Å²) in [6.07, 6.45) is 0. The van der Waals surface area contributed by atoms with Crippen LogP contribution in [0.2, 0.25) is 0 Å². The summed E-state index contributed by atoms with van der Waals surface area (Å²) in [6.45, 7) is 4.69. The second-order valence-corrected chi connectivity index (χ2v) is 4.55. The van der Waals surface area contributed by atoms with Crippen molar-refractivity contribution >= 4 is 5.69 Å². The van der Waals surface area contributed by atoms with Gasteiger partial charge in [0.05, 0.1) is 0 Å². The van der Waals surface area contributed by atoms with Crippen LogP contribution in [-0.2, 0) is 0 Å². The highest BCUT2D eigenvalue weighted by atomic mass is 19.3. The van der Waals surface area contributed by atoms with Gasteiger partial charge in [-0.05, 0) is 32.6 Å². The van der Waals surface area contributed by atoms with E-state index in [0.717, 1.165) is 18.8 Å². The molecule has 1 aromatic rings. The quantitative estimate of drug-likeness (QED) is 0.795. The average molecular weight is 288 g/mol. The first kappa shape index (κ1) is 18.6. The summed E-state index contributed by atoms with van der Waals surface area (Å²) in [7, 11) is 5.92. The molecule has 116 valence electrons. The molecule has 0 unspecified atom stereocenters. The molecule has 0 aliphatic rings. The lowest BCUT2D eigenvalue weighted by Crippen LogP contribution is -2.28. The van der Waals surface area contributed by atoms with Crippen molar-refractivity contribution in [2.45, 2.75) is 27.4 Å². The van der Waals surface area contributed by atoms with Crippen molar-refractivity contribution in [1.82, 2.24) is 4.90 Å². The Labute approximate surface area is 121 Å². The Balaban J connectivity index is 0.00000172. The maximum Gasteiger partial charge on any atom is 0.387 e. The Kier molecular flexibility index (Phi) is 8.88. The minimum absolute atomic E-state index is 0.235. The van der Waals surface area contributed by atoms with Gasteiger partial charge in [0.15, 0.2) is 0 Å². The molecule has 0 aromatic heterocycles. The highest BCUT2D eigenvalue weighted by molar-refractivity contribution is 5.53. The Hall–Kier alpha value is -1.36. The predicted octanol–water partition coefficient (Wildman–Crippen LogP) is 3.62. The van der Waals surface area contributed by atoms with Crippen LogP contribution >= 0.6 is 0 Å². The first-order valence-corrected chi connectivity index (χ1v) is 6.81. The SMILES string of the molecule is CC.Cc1ccc(N(C)CCN(C)C)cc1OC(F)F. The van der Waals surface area contributed by atoms with Crippen LogP contribution in [0.25, 0.3) is 0 Å². The average Bonchev–Trinajstić information content (AvgIpc) is 2.40. The largest absolute Gasteiger partial charge is 0.434 e. The lowest BCUT2D eigenvalue weighted by molar-refractivity contribution is -0.0502. The van der Waals surface area contributed by atoms with Gasteiger partial charge in [0.25, 0.3) is 0 Å². The molecule has 0 saturated heterocycles. The van der Waals surface area contributed by atoms with Crippen molar-refractivity contribution in [2.75, 3.05) is 39.1 Å². The highest BCUT2D eigenvalue weighted by Crippen LogP contribution is 2.26. The van der Waals surface area contributed by atoms with Gasteiger partial charge in [-0.3, -0.25) is 0 Å². The van der Waals surface area contributed by atoms with E-state index in [1.165, 1.54) is 0 Å². The first-order valence-electron chi connectivity index (χ1n) is 6.81. The molecule has 1 rings (SSSR count). The fourth-order valence-corrected chi connectivity index (χ4v) is 1.53. The van der Waals surface area contributed by atoms with E-state index in [9.17, 15) is 8.78 Å². The number of likely N-dealkylation sites (N-methyl/N-ethyl adjacent to an activating group) is 2. The first-order chi connectivity index (χ1) is 9.40. The van der Waals surface area contributed by atoms with E-state index < -0.39 is 6.61 Å². The summed E-state index contributed by atoms with van der Waals surface area (Å²) in [5.41, 5.74) is 1.58. The molecule has 1 aromatic carbocycles. The molecule has 3 nitrogen and oxygen atoms in total. The molecular weight excluding hydrogens is 262 g/mol. The molecule has 0 spiro atoms. The number of ether oxygens (including phenoxy) is 1. The summed E-state index contributed by atoms with van der Waals surface area (Å²) < 4.78 is 29.0. The Morgan fingerprint density at radius 2 is 1.70 bits per heavy atom. The summed E-state index contributed by atoms with van der Waals surface area (Å²) in [4.78, 5) is 4.08. The summed E-state index contributed by atoms with van der Waals surface area (Å²) in [6, 6.07) is 5.35. The molecule has 0 bridgehead atoms. The maximum atomic E-state index is 12.2. The summed E-state index contributed by atoms with van der Waals surface area (Å²) in [5.74, 6) is 0.235. The molecule has 0 saturated carbocycles. The van der Waals surface area contributed by atoms with Crippen LogP contribution in [0.1, 0.15) is 19.4 Å². The molecule has 0 aliphatic heterocycles. The molecule has 0 heterocycles. The zero-order valence-electron chi connectivity index (χ0n) is 13.3. The third-order valence-electron chi connectivity index (χ3n) is 2.71. The van der Waals surface area contributed by atoms with E-state index in [4.69, 9.17) is 0 Å². The minimum atomic E-state index is -2.79. The topological polar surface area (TPSA) is 15.7 Å². The molecule has 5 heteroatoms. The van der Waals surface area contributed by atoms with Crippen LogP contribution in [0.5, 0.6) is 5.75 Å². The summed E-state index contributed by atoms with van der Waals surface area (Å²) >= 11 is 0. The molecule has 0 N–H and O–H groups in total. The van der Waals surface area contributed by atoms with Gasteiger partial charge in [-0.15, -0.1) is 0 Å². The fourth-order valence-electron chi connectivity index (χ4n) is 1.53. The second-order valence-electron chi connectivity index (χ2n) is 4.55. The highest BCUT2D eigenvalue weighted by Gasteiger charge is 2.10. The van der Waals surface area contributed by atoms with E-state index in [1.807, 2.05) is 46.0 Å². The number of anilines is 1. The number of hydrogen-bond acceptors (Lipinski definition) is 3. The molecule has 0 aliphatic carbocycles. The van der Waals surface area contributed by atoms with Crippen molar-refractivity contribution in [3.63, 3.8) is 0 Å². The van der Waals surface area contributed by atoms with Crippen LogP contribution in [0, 0.1) is 6.92 Å². The van der Waals surface area contributed by atoms with Crippen LogP contribution in [-0.4, -0.2) is 45.7 Å². The number of hydrogen-bond donors (Lipinski definition) is 0. The third-order valence-corrected chi connectivity index (χ3v) is 2.71. The predicted molar refractivity (Wildman–Crippen MR) is 81.0 cm³/mol. The van der Waals surface area contributed by atoms with E-state index in [1.54, 1.807) is 19.1 Å². The van der Waals surface area contributed by atoms with Crippen molar-refractivity contribution in [1.29, 1.82) is 0 Å². The summed E-state index contributed by atoms with van der Waals surface area (Å²) in [5, 5.41) is 0. The van der Waals surface area contributed by atoms with E-state index in [-0.39, 0.29) is 5.75 Å². The van der Waals surface area contributed by atoms with Gasteiger partial charge in [0.2, 0.25) is 0 Å². The lowest BCUT2D eigenvalue weighted by Gasteiger charge is -2.22. The van der Waals surface area contributed by atoms with Crippen molar-refractivity contribution in [3.05, 3.63) is 23.8 Å².